The fraction of sp³-hybridized carbons (Fsp3) is 0.429. The molecule has 2 aromatic rings. The molecule has 0 bridgehead atoms. The molecule has 1 saturated heterocycles. The van der Waals surface area contributed by atoms with Crippen LogP contribution in [0, 0.1) is 5.92 Å². The Morgan fingerprint density at radius 2 is 1.94 bits per heavy atom. The van der Waals surface area contributed by atoms with Crippen molar-refractivity contribution in [1.82, 2.24) is 15.3 Å². The van der Waals surface area contributed by atoms with Gasteiger partial charge < -0.3 is 10.6 Å². The van der Waals surface area contributed by atoms with E-state index >= 15 is 0 Å². The zero-order valence-electron chi connectivity index (χ0n) is 10.4. The first-order valence-corrected chi connectivity index (χ1v) is 6.58. The number of hydrogen-bond acceptors (Lipinski definition) is 4. The Bertz CT molecular complexity index is 520. The van der Waals surface area contributed by atoms with E-state index in [9.17, 15) is 0 Å². The number of nitrogens with one attached hydrogen (secondary N) is 2. The molecule has 4 nitrogen and oxygen atoms in total. The molecule has 94 valence electrons. The fourth-order valence-electron chi connectivity index (χ4n) is 2.38. The van der Waals surface area contributed by atoms with Crippen molar-refractivity contribution in [2.45, 2.75) is 12.8 Å². The van der Waals surface area contributed by atoms with Gasteiger partial charge in [-0.1, -0.05) is 12.1 Å². The van der Waals surface area contributed by atoms with Gasteiger partial charge in [0.1, 0.15) is 5.82 Å². The Hall–Kier alpha value is -1.68. The normalized spacial score (nSPS) is 16.9. The number of rotatable bonds is 3. The molecule has 0 spiro atoms. The average Bonchev–Trinajstić information content (AvgIpc) is 2.46. The number of nitrogens with zero attached hydrogens (tertiary/aromatic N) is 2. The van der Waals surface area contributed by atoms with Crippen molar-refractivity contribution in [3.05, 3.63) is 30.5 Å². The summed E-state index contributed by atoms with van der Waals surface area (Å²) in [5.74, 6) is 1.63. The molecule has 1 aliphatic heterocycles. The Balaban J connectivity index is 1.66. The highest BCUT2D eigenvalue weighted by atomic mass is 15.0. The minimum atomic E-state index is 0.750. The molecule has 1 fully saturated rings. The van der Waals surface area contributed by atoms with Gasteiger partial charge in [-0.25, -0.2) is 4.98 Å². The topological polar surface area (TPSA) is 49.8 Å². The monoisotopic (exact) mass is 242 g/mol. The molecule has 0 radical (unpaired) electrons. The van der Waals surface area contributed by atoms with Crippen molar-refractivity contribution in [2.75, 3.05) is 25.0 Å². The SMILES string of the molecule is c1ccc2nc(NCC3CCNCC3)cnc2c1. The molecule has 3 rings (SSSR count). The minimum absolute atomic E-state index is 0.750. The van der Waals surface area contributed by atoms with Crippen molar-refractivity contribution < 1.29 is 0 Å². The molecule has 0 saturated carbocycles. The number of aromatic nitrogens is 2. The van der Waals surface area contributed by atoms with Gasteiger partial charge in [-0.2, -0.15) is 0 Å². The Morgan fingerprint density at radius 1 is 1.17 bits per heavy atom. The van der Waals surface area contributed by atoms with Crippen LogP contribution >= 0.6 is 0 Å². The van der Waals surface area contributed by atoms with E-state index in [1.807, 2.05) is 30.5 Å². The van der Waals surface area contributed by atoms with E-state index in [4.69, 9.17) is 0 Å². The van der Waals surface area contributed by atoms with Crippen molar-refractivity contribution in [3.8, 4) is 0 Å². The molecule has 2 heterocycles. The highest BCUT2D eigenvalue weighted by Gasteiger charge is 2.12. The van der Waals surface area contributed by atoms with Gasteiger partial charge in [0.25, 0.3) is 0 Å². The third-order valence-electron chi connectivity index (χ3n) is 3.48. The highest BCUT2D eigenvalue weighted by Crippen LogP contribution is 2.14. The van der Waals surface area contributed by atoms with Crippen LogP contribution in [0.5, 0.6) is 0 Å². The fourth-order valence-corrected chi connectivity index (χ4v) is 2.38. The highest BCUT2D eigenvalue weighted by molar-refractivity contribution is 5.75. The minimum Gasteiger partial charge on any atom is -0.368 e. The second kappa shape index (κ2) is 5.31. The van der Waals surface area contributed by atoms with Crippen LogP contribution in [-0.2, 0) is 0 Å². The maximum Gasteiger partial charge on any atom is 0.145 e. The van der Waals surface area contributed by atoms with E-state index in [0.717, 1.165) is 42.4 Å². The van der Waals surface area contributed by atoms with Gasteiger partial charge in [0.05, 0.1) is 17.2 Å². The molecule has 4 heteroatoms. The lowest BCUT2D eigenvalue weighted by atomic mass is 9.98. The number of hydrogen-bond donors (Lipinski definition) is 2. The lowest BCUT2D eigenvalue weighted by Crippen LogP contribution is -2.31. The number of benzene rings is 1. The molecular formula is C14H18N4. The van der Waals surface area contributed by atoms with Crippen LogP contribution in [0.2, 0.25) is 0 Å². The van der Waals surface area contributed by atoms with E-state index < -0.39 is 0 Å². The summed E-state index contributed by atoms with van der Waals surface area (Å²) < 4.78 is 0. The number of piperidine rings is 1. The van der Waals surface area contributed by atoms with E-state index in [1.165, 1.54) is 12.8 Å². The maximum absolute atomic E-state index is 4.57. The second-order valence-electron chi connectivity index (χ2n) is 4.82. The summed E-state index contributed by atoms with van der Waals surface area (Å²) >= 11 is 0. The van der Waals surface area contributed by atoms with Crippen molar-refractivity contribution >= 4 is 16.9 Å². The molecule has 2 N–H and O–H groups in total. The second-order valence-corrected chi connectivity index (χ2v) is 4.82. The van der Waals surface area contributed by atoms with Gasteiger partial charge in [-0.05, 0) is 44.0 Å². The third-order valence-corrected chi connectivity index (χ3v) is 3.48. The lowest BCUT2D eigenvalue weighted by Gasteiger charge is -2.22. The van der Waals surface area contributed by atoms with E-state index in [2.05, 4.69) is 20.6 Å². The summed E-state index contributed by atoms with van der Waals surface area (Å²) in [5.41, 5.74) is 1.90. The van der Waals surface area contributed by atoms with Gasteiger partial charge >= 0.3 is 0 Å². The number of anilines is 1. The standard InChI is InChI=1S/C14H18N4/c1-2-4-13-12(3-1)16-10-14(18-13)17-9-11-5-7-15-8-6-11/h1-4,10-11,15H,5-9H2,(H,17,18). The molecule has 0 atom stereocenters. The van der Waals surface area contributed by atoms with E-state index in [-0.39, 0.29) is 0 Å². The molecule has 0 aliphatic carbocycles. The van der Waals surface area contributed by atoms with Gasteiger partial charge in [0.2, 0.25) is 0 Å². The number of fused-ring (bicyclic) bond motifs is 1. The molecule has 18 heavy (non-hydrogen) atoms. The molecule has 1 aromatic carbocycles. The molecule has 0 unspecified atom stereocenters. The molecule has 1 aliphatic rings. The predicted molar refractivity (Wildman–Crippen MR) is 73.6 cm³/mol. The van der Waals surface area contributed by atoms with Crippen molar-refractivity contribution in [2.24, 2.45) is 5.92 Å². The summed E-state index contributed by atoms with van der Waals surface area (Å²) in [6, 6.07) is 7.96. The summed E-state index contributed by atoms with van der Waals surface area (Å²) in [5, 5.41) is 6.79. The Morgan fingerprint density at radius 3 is 2.78 bits per heavy atom. The van der Waals surface area contributed by atoms with E-state index in [0.29, 0.717) is 0 Å². The van der Waals surface area contributed by atoms with Crippen LogP contribution in [0.4, 0.5) is 5.82 Å². The Kier molecular flexibility index (Phi) is 3.37. The van der Waals surface area contributed by atoms with Crippen molar-refractivity contribution in [1.29, 1.82) is 0 Å². The summed E-state index contributed by atoms with van der Waals surface area (Å²) in [6.07, 6.45) is 4.31. The first kappa shape index (κ1) is 11.4. The van der Waals surface area contributed by atoms with Crippen LogP contribution in [0.3, 0.4) is 0 Å². The van der Waals surface area contributed by atoms with Crippen LogP contribution in [0.15, 0.2) is 30.5 Å². The van der Waals surface area contributed by atoms with Crippen molar-refractivity contribution in [3.63, 3.8) is 0 Å². The van der Waals surface area contributed by atoms with Gasteiger partial charge in [0, 0.05) is 6.54 Å². The van der Waals surface area contributed by atoms with Crippen LogP contribution in [-0.4, -0.2) is 29.6 Å². The summed E-state index contributed by atoms with van der Waals surface area (Å²) in [7, 11) is 0. The van der Waals surface area contributed by atoms with Gasteiger partial charge in [-0.3, -0.25) is 4.98 Å². The largest absolute Gasteiger partial charge is 0.368 e. The van der Waals surface area contributed by atoms with Gasteiger partial charge in [0.15, 0.2) is 0 Å². The quantitative estimate of drug-likeness (QED) is 0.865. The predicted octanol–water partition coefficient (Wildman–Crippen LogP) is 2.04. The summed E-state index contributed by atoms with van der Waals surface area (Å²) in [4.78, 5) is 8.98. The lowest BCUT2D eigenvalue weighted by molar-refractivity contribution is 0.389. The molecule has 1 aromatic heterocycles. The van der Waals surface area contributed by atoms with Crippen LogP contribution in [0.1, 0.15) is 12.8 Å². The first-order valence-electron chi connectivity index (χ1n) is 6.58. The zero-order chi connectivity index (χ0) is 12.2. The Labute approximate surface area is 107 Å². The third kappa shape index (κ3) is 2.59. The van der Waals surface area contributed by atoms with Gasteiger partial charge in [-0.15, -0.1) is 0 Å². The van der Waals surface area contributed by atoms with E-state index in [1.54, 1.807) is 0 Å². The molecular weight excluding hydrogens is 224 g/mol. The molecule has 0 amide bonds. The first-order chi connectivity index (χ1) is 8.92. The maximum atomic E-state index is 4.57. The summed E-state index contributed by atoms with van der Waals surface area (Å²) in [6.45, 7) is 3.26. The number of para-hydroxylation sites is 2. The van der Waals surface area contributed by atoms with Crippen LogP contribution in [0.25, 0.3) is 11.0 Å². The average molecular weight is 242 g/mol. The van der Waals surface area contributed by atoms with Crippen LogP contribution < -0.4 is 10.6 Å². The zero-order valence-corrected chi connectivity index (χ0v) is 10.4. The smallest absolute Gasteiger partial charge is 0.145 e.